The van der Waals surface area contributed by atoms with Crippen LogP contribution in [0.25, 0.3) is 0 Å². The van der Waals surface area contributed by atoms with Crippen LogP contribution in [0.3, 0.4) is 0 Å². The molecule has 0 saturated carbocycles. The molecule has 0 radical (unpaired) electrons. The van der Waals surface area contributed by atoms with Crippen LogP contribution >= 0.6 is 0 Å². The maximum atomic E-state index is 11.0. The molecule has 2 nitrogen and oxygen atoms in total. The van der Waals surface area contributed by atoms with E-state index in [0.717, 1.165) is 12.8 Å². The summed E-state index contributed by atoms with van der Waals surface area (Å²) in [5.74, 6) is 0.769. The van der Waals surface area contributed by atoms with E-state index in [2.05, 4.69) is 32.9 Å². The smallest absolute Gasteiger partial charge is 0.303 e. The van der Waals surface area contributed by atoms with Crippen LogP contribution in [0, 0.1) is 11.8 Å². The molecule has 2 atom stereocenters. The zero-order valence-electron chi connectivity index (χ0n) is 9.54. The molecule has 1 rings (SSSR count). The topological polar surface area (TPSA) is 26.3 Å². The molecule has 2 heteroatoms. The van der Waals surface area contributed by atoms with Gasteiger partial charge in [0.2, 0.25) is 0 Å². The summed E-state index contributed by atoms with van der Waals surface area (Å²) in [7, 11) is 0. The average molecular weight is 196 g/mol. The summed E-state index contributed by atoms with van der Waals surface area (Å²) in [4.78, 5) is 11.0. The second-order valence-corrected chi connectivity index (χ2v) is 4.58. The van der Waals surface area contributed by atoms with Gasteiger partial charge in [-0.25, -0.2) is 0 Å². The number of rotatable bonds is 2. The van der Waals surface area contributed by atoms with Gasteiger partial charge in [-0.15, -0.1) is 0 Å². The van der Waals surface area contributed by atoms with Gasteiger partial charge in [0.15, 0.2) is 0 Å². The Bertz CT molecular complexity index is 243. The first-order chi connectivity index (χ1) is 6.46. The fourth-order valence-electron chi connectivity index (χ4n) is 1.91. The Hall–Kier alpha value is -0.790. The Balaban J connectivity index is 2.83. The second-order valence-electron chi connectivity index (χ2n) is 4.58. The van der Waals surface area contributed by atoms with E-state index >= 15 is 0 Å². The molecule has 0 aliphatic heterocycles. The highest BCUT2D eigenvalue weighted by molar-refractivity contribution is 5.67. The van der Waals surface area contributed by atoms with Crippen molar-refractivity contribution in [3.63, 3.8) is 0 Å². The summed E-state index contributed by atoms with van der Waals surface area (Å²) >= 11 is 0. The van der Waals surface area contributed by atoms with Crippen LogP contribution in [0.5, 0.6) is 0 Å². The molecule has 0 fully saturated rings. The van der Waals surface area contributed by atoms with Crippen LogP contribution in [0.15, 0.2) is 12.2 Å². The van der Waals surface area contributed by atoms with E-state index in [1.54, 1.807) is 0 Å². The minimum absolute atomic E-state index is 0.182. The number of esters is 1. The van der Waals surface area contributed by atoms with Crippen LogP contribution in [0.1, 0.15) is 40.5 Å². The Morgan fingerprint density at radius 1 is 1.57 bits per heavy atom. The van der Waals surface area contributed by atoms with Crippen molar-refractivity contribution in [2.45, 2.75) is 46.1 Å². The molecule has 2 unspecified atom stereocenters. The SMILES string of the molecule is CC(=O)OC1(C(C)C)C=CC(C)CC1. The van der Waals surface area contributed by atoms with Gasteiger partial charge >= 0.3 is 5.97 Å². The fourth-order valence-corrected chi connectivity index (χ4v) is 1.91. The van der Waals surface area contributed by atoms with Gasteiger partial charge in [0.25, 0.3) is 0 Å². The molecule has 0 heterocycles. The molecule has 0 bridgehead atoms. The summed E-state index contributed by atoms with van der Waals surface area (Å²) in [6, 6.07) is 0. The average Bonchev–Trinajstić information content (AvgIpc) is 2.08. The van der Waals surface area contributed by atoms with E-state index in [1.165, 1.54) is 6.92 Å². The molecule has 0 saturated heterocycles. The van der Waals surface area contributed by atoms with Gasteiger partial charge in [0.05, 0.1) is 0 Å². The Kier molecular flexibility index (Phi) is 3.35. The lowest BCUT2D eigenvalue weighted by molar-refractivity contribution is -0.157. The first-order valence-electron chi connectivity index (χ1n) is 5.35. The summed E-state index contributed by atoms with van der Waals surface area (Å²) in [5.41, 5.74) is -0.349. The van der Waals surface area contributed by atoms with E-state index in [1.807, 2.05) is 0 Å². The van der Waals surface area contributed by atoms with E-state index < -0.39 is 0 Å². The maximum absolute atomic E-state index is 11.0. The molecule has 0 amide bonds. The van der Waals surface area contributed by atoms with Crippen molar-refractivity contribution in [1.82, 2.24) is 0 Å². The van der Waals surface area contributed by atoms with Crippen molar-refractivity contribution in [2.75, 3.05) is 0 Å². The molecule has 0 aromatic rings. The molecular weight excluding hydrogens is 176 g/mol. The first-order valence-corrected chi connectivity index (χ1v) is 5.35. The molecule has 0 aromatic carbocycles. The van der Waals surface area contributed by atoms with Crippen LogP contribution in [-0.2, 0) is 9.53 Å². The normalized spacial score (nSPS) is 31.9. The first kappa shape index (κ1) is 11.3. The predicted octanol–water partition coefficient (Wildman–Crippen LogP) is 2.93. The van der Waals surface area contributed by atoms with E-state index in [0.29, 0.717) is 11.8 Å². The molecule has 1 aliphatic carbocycles. The monoisotopic (exact) mass is 196 g/mol. The largest absolute Gasteiger partial charge is 0.455 e. The van der Waals surface area contributed by atoms with Gasteiger partial charge in [0.1, 0.15) is 5.60 Å². The van der Waals surface area contributed by atoms with Crippen LogP contribution in [0.2, 0.25) is 0 Å². The highest BCUT2D eigenvalue weighted by atomic mass is 16.6. The molecule has 0 aromatic heterocycles. The molecule has 0 N–H and O–H groups in total. The van der Waals surface area contributed by atoms with Crippen LogP contribution in [-0.4, -0.2) is 11.6 Å². The van der Waals surface area contributed by atoms with Gasteiger partial charge in [-0.1, -0.05) is 26.8 Å². The number of allylic oxidation sites excluding steroid dienone is 1. The molecular formula is C12H20O2. The lowest BCUT2D eigenvalue weighted by atomic mass is 9.79. The number of hydrogen-bond acceptors (Lipinski definition) is 2. The molecule has 14 heavy (non-hydrogen) atoms. The third kappa shape index (κ3) is 2.37. The minimum atomic E-state index is -0.349. The van der Waals surface area contributed by atoms with Gasteiger partial charge < -0.3 is 4.74 Å². The minimum Gasteiger partial charge on any atom is -0.455 e. The predicted molar refractivity (Wildman–Crippen MR) is 56.9 cm³/mol. The Morgan fingerprint density at radius 2 is 2.21 bits per heavy atom. The lowest BCUT2D eigenvalue weighted by Gasteiger charge is -2.37. The third-order valence-electron chi connectivity index (χ3n) is 3.01. The third-order valence-corrected chi connectivity index (χ3v) is 3.01. The fraction of sp³-hybridized carbons (Fsp3) is 0.750. The number of ether oxygens (including phenoxy) is 1. The van der Waals surface area contributed by atoms with E-state index in [9.17, 15) is 4.79 Å². The summed E-state index contributed by atoms with van der Waals surface area (Å²) in [6.45, 7) is 7.87. The molecule has 1 aliphatic rings. The summed E-state index contributed by atoms with van der Waals surface area (Å²) in [6.07, 6.45) is 6.28. The van der Waals surface area contributed by atoms with Crippen molar-refractivity contribution >= 4 is 5.97 Å². The summed E-state index contributed by atoms with van der Waals surface area (Å²) in [5, 5.41) is 0. The maximum Gasteiger partial charge on any atom is 0.303 e. The van der Waals surface area contributed by atoms with Crippen LogP contribution in [0.4, 0.5) is 0 Å². The number of carbonyl (C=O) groups is 1. The van der Waals surface area contributed by atoms with E-state index in [-0.39, 0.29) is 11.6 Å². The van der Waals surface area contributed by atoms with Gasteiger partial charge in [-0.3, -0.25) is 4.79 Å². The summed E-state index contributed by atoms with van der Waals surface area (Å²) < 4.78 is 5.46. The van der Waals surface area contributed by atoms with Gasteiger partial charge in [0, 0.05) is 6.92 Å². The van der Waals surface area contributed by atoms with Crippen molar-refractivity contribution < 1.29 is 9.53 Å². The highest BCUT2D eigenvalue weighted by Gasteiger charge is 2.36. The molecule has 80 valence electrons. The molecule has 0 spiro atoms. The number of hydrogen-bond donors (Lipinski definition) is 0. The van der Waals surface area contributed by atoms with Crippen molar-refractivity contribution in [1.29, 1.82) is 0 Å². The quantitative estimate of drug-likeness (QED) is 0.501. The standard InChI is InChI=1S/C12H20O2/c1-9(2)12(14-11(4)13)7-5-10(3)6-8-12/h5,7,9-10H,6,8H2,1-4H3. The lowest BCUT2D eigenvalue weighted by Crippen LogP contribution is -2.40. The highest BCUT2D eigenvalue weighted by Crippen LogP contribution is 2.35. The Morgan fingerprint density at radius 3 is 2.57 bits per heavy atom. The van der Waals surface area contributed by atoms with Crippen molar-refractivity contribution in [3.8, 4) is 0 Å². The number of carbonyl (C=O) groups excluding carboxylic acids is 1. The Labute approximate surface area is 86.3 Å². The van der Waals surface area contributed by atoms with Crippen LogP contribution < -0.4 is 0 Å². The van der Waals surface area contributed by atoms with Gasteiger partial charge in [-0.05, 0) is 30.8 Å². The van der Waals surface area contributed by atoms with Crippen molar-refractivity contribution in [3.05, 3.63) is 12.2 Å². The second kappa shape index (κ2) is 4.16. The zero-order valence-corrected chi connectivity index (χ0v) is 9.54. The van der Waals surface area contributed by atoms with E-state index in [4.69, 9.17) is 4.74 Å². The zero-order chi connectivity index (χ0) is 10.8. The van der Waals surface area contributed by atoms with Crippen molar-refractivity contribution in [2.24, 2.45) is 11.8 Å². The van der Waals surface area contributed by atoms with Gasteiger partial charge in [-0.2, -0.15) is 0 Å².